The lowest BCUT2D eigenvalue weighted by Gasteiger charge is -2.22. The molecule has 4 atom stereocenters. The van der Waals surface area contributed by atoms with E-state index < -0.39 is 0 Å². The van der Waals surface area contributed by atoms with Crippen molar-refractivity contribution in [3.63, 3.8) is 0 Å². The molecule has 4 N–H and O–H groups in total. The monoisotopic (exact) mass is 708 g/mol. The van der Waals surface area contributed by atoms with Crippen LogP contribution in [-0.2, 0) is 9.59 Å². The van der Waals surface area contributed by atoms with Gasteiger partial charge < -0.3 is 21.3 Å². The van der Waals surface area contributed by atoms with Crippen molar-refractivity contribution in [3.05, 3.63) is 132 Å². The van der Waals surface area contributed by atoms with Crippen molar-refractivity contribution in [2.45, 2.75) is 47.3 Å². The van der Waals surface area contributed by atoms with E-state index in [-0.39, 0.29) is 23.7 Å². The highest BCUT2D eigenvalue weighted by molar-refractivity contribution is 7.99. The van der Waals surface area contributed by atoms with Crippen LogP contribution in [0.25, 0.3) is 0 Å². The van der Waals surface area contributed by atoms with Gasteiger partial charge in [0.25, 0.3) is 0 Å². The summed E-state index contributed by atoms with van der Waals surface area (Å²) in [4.78, 5) is 31.7. The average Bonchev–Trinajstić information content (AvgIpc) is 3.80. The summed E-state index contributed by atoms with van der Waals surface area (Å²) in [5.74, 6) is 2.21. The highest BCUT2D eigenvalue weighted by Crippen LogP contribution is 2.33. The second-order valence-electron chi connectivity index (χ2n) is 13.3. The Morgan fingerprint density at radius 3 is 1.24 bits per heavy atom. The molecule has 8 heteroatoms. The maximum absolute atomic E-state index is 12.0. The van der Waals surface area contributed by atoms with Gasteiger partial charge in [0.05, 0.1) is 11.8 Å². The number of benzene rings is 4. The Morgan fingerprint density at radius 1 is 0.560 bits per heavy atom. The Balaban J connectivity index is 0.000000194. The van der Waals surface area contributed by atoms with Gasteiger partial charge in [0.2, 0.25) is 11.8 Å². The number of nitrogens with zero attached hydrogens (tertiary/aromatic N) is 2. The fourth-order valence-electron chi connectivity index (χ4n) is 7.32. The number of likely N-dealkylation sites (tertiary alicyclic amines) is 2. The zero-order chi connectivity index (χ0) is 35.0. The van der Waals surface area contributed by atoms with Gasteiger partial charge in [0.1, 0.15) is 0 Å². The molecular weight excluding hydrogens is 657 g/mol. The number of carbonyl (C=O) groups is 2. The molecule has 6 nitrogen and oxygen atoms in total. The predicted molar refractivity (Wildman–Crippen MR) is 209 cm³/mol. The quantitative estimate of drug-likeness (QED) is 0.0925. The summed E-state index contributed by atoms with van der Waals surface area (Å²) in [6.07, 6.45) is 4.43. The number of primary amides is 2. The lowest BCUT2D eigenvalue weighted by atomic mass is 9.85. The first kappa shape index (κ1) is 37.7. The molecule has 2 fully saturated rings. The highest BCUT2D eigenvalue weighted by Gasteiger charge is 2.34. The molecule has 0 aliphatic carbocycles. The second kappa shape index (κ2) is 20.3. The van der Waals surface area contributed by atoms with Crippen molar-refractivity contribution in [1.82, 2.24) is 9.80 Å². The lowest BCUT2D eigenvalue weighted by Crippen LogP contribution is -2.30. The van der Waals surface area contributed by atoms with Crippen LogP contribution in [-0.4, -0.2) is 72.4 Å². The summed E-state index contributed by atoms with van der Waals surface area (Å²) >= 11 is 3.82. The molecule has 264 valence electrons. The Kier molecular flexibility index (Phi) is 15.3. The fraction of sp³-hybridized carbons (Fsp3) is 0.381. The van der Waals surface area contributed by atoms with Crippen molar-refractivity contribution >= 4 is 35.3 Å². The summed E-state index contributed by atoms with van der Waals surface area (Å²) in [5, 5.41) is 0. The van der Waals surface area contributed by atoms with Crippen molar-refractivity contribution < 1.29 is 9.59 Å². The molecule has 0 spiro atoms. The molecule has 2 unspecified atom stereocenters. The van der Waals surface area contributed by atoms with E-state index in [1.54, 1.807) is 0 Å². The molecular formula is C42H52N4O2S2. The summed E-state index contributed by atoms with van der Waals surface area (Å²) in [7, 11) is 0. The van der Waals surface area contributed by atoms with Crippen LogP contribution < -0.4 is 11.5 Å². The normalized spacial score (nSPS) is 19.0. The van der Waals surface area contributed by atoms with E-state index in [4.69, 9.17) is 11.5 Å². The van der Waals surface area contributed by atoms with Crippen LogP contribution >= 0.6 is 23.5 Å². The number of carbonyl (C=O) groups excluding carboxylic acids is 2. The van der Waals surface area contributed by atoms with Gasteiger partial charge in [-0.25, -0.2) is 0 Å². The first-order valence-electron chi connectivity index (χ1n) is 18.0. The molecule has 2 aliphatic rings. The zero-order valence-electron chi connectivity index (χ0n) is 29.0. The van der Waals surface area contributed by atoms with Crippen LogP contribution in [0.15, 0.2) is 131 Å². The average molecular weight is 709 g/mol. The van der Waals surface area contributed by atoms with Crippen LogP contribution in [0.5, 0.6) is 0 Å². The number of hydrogen-bond donors (Lipinski definition) is 2. The van der Waals surface area contributed by atoms with Crippen molar-refractivity contribution in [2.75, 3.05) is 50.8 Å². The van der Waals surface area contributed by atoms with E-state index in [9.17, 15) is 9.59 Å². The summed E-state index contributed by atoms with van der Waals surface area (Å²) < 4.78 is 0. The van der Waals surface area contributed by atoms with Crippen molar-refractivity contribution in [3.8, 4) is 0 Å². The molecule has 2 heterocycles. The van der Waals surface area contributed by atoms with E-state index in [1.165, 1.54) is 22.6 Å². The Hall–Kier alpha value is -3.56. The zero-order valence-corrected chi connectivity index (χ0v) is 30.7. The molecule has 2 aliphatic heterocycles. The van der Waals surface area contributed by atoms with Gasteiger partial charge in [-0.15, -0.1) is 23.5 Å². The van der Waals surface area contributed by atoms with Gasteiger partial charge in [-0.2, -0.15) is 0 Å². The van der Waals surface area contributed by atoms with Gasteiger partial charge in [0, 0.05) is 22.9 Å². The first-order valence-corrected chi connectivity index (χ1v) is 19.9. The summed E-state index contributed by atoms with van der Waals surface area (Å²) in [5.41, 5.74) is 13.6. The Labute approximate surface area is 307 Å². The molecule has 50 heavy (non-hydrogen) atoms. The van der Waals surface area contributed by atoms with Gasteiger partial charge in [0.15, 0.2) is 0 Å². The third-order valence-corrected chi connectivity index (χ3v) is 11.9. The van der Waals surface area contributed by atoms with Crippen LogP contribution in [0, 0.1) is 11.8 Å². The number of rotatable bonds is 16. The minimum atomic E-state index is -0.197. The molecule has 2 saturated heterocycles. The molecule has 6 rings (SSSR count). The van der Waals surface area contributed by atoms with Crippen molar-refractivity contribution in [2.24, 2.45) is 23.3 Å². The number of hydrogen-bond acceptors (Lipinski definition) is 6. The van der Waals surface area contributed by atoms with Gasteiger partial charge in [-0.1, -0.05) is 97.1 Å². The molecule has 2 amide bonds. The van der Waals surface area contributed by atoms with E-state index in [0.717, 1.165) is 74.7 Å². The van der Waals surface area contributed by atoms with E-state index >= 15 is 0 Å². The number of amides is 2. The summed E-state index contributed by atoms with van der Waals surface area (Å²) in [6.45, 7) is 6.26. The number of nitrogens with two attached hydrogens (primary N) is 2. The molecule has 0 bridgehead atoms. The van der Waals surface area contributed by atoms with Crippen LogP contribution in [0.1, 0.15) is 48.6 Å². The standard InChI is InChI=1S/2C21H26N2OS/c2*22-21(24)20(17-8-3-1-4-9-17)18-12-14-23(16-18)13-7-15-25-19-10-5-2-6-11-19/h2*1-6,8-11,18,20H,7,12-16H2,(H2,22,24)/t2*18-,20?/m10/s1. The Morgan fingerprint density at radius 2 is 0.900 bits per heavy atom. The van der Waals surface area contributed by atoms with Crippen LogP contribution in [0.3, 0.4) is 0 Å². The van der Waals surface area contributed by atoms with Gasteiger partial charge in [-0.3, -0.25) is 9.59 Å². The first-order chi connectivity index (χ1) is 24.5. The molecule has 0 radical (unpaired) electrons. The smallest absolute Gasteiger partial charge is 0.225 e. The topological polar surface area (TPSA) is 92.7 Å². The largest absolute Gasteiger partial charge is 0.369 e. The third-order valence-electron chi connectivity index (χ3n) is 9.75. The molecule has 0 aromatic heterocycles. The van der Waals surface area contributed by atoms with E-state index in [1.807, 2.05) is 84.2 Å². The van der Waals surface area contributed by atoms with E-state index in [2.05, 4.69) is 70.5 Å². The minimum Gasteiger partial charge on any atom is -0.369 e. The predicted octanol–water partition coefficient (Wildman–Crippen LogP) is 7.52. The SMILES string of the molecule is NC(=O)C(c1ccccc1)[C@@H]1CCN(CCCSc2ccccc2)C1.NC(=O)C(c1ccccc1)[C@H]1CCN(CCCSc2ccccc2)C1. The molecule has 4 aromatic carbocycles. The summed E-state index contributed by atoms with van der Waals surface area (Å²) in [6, 6.07) is 41.1. The number of thioether (sulfide) groups is 2. The van der Waals surface area contributed by atoms with Crippen LogP contribution in [0.4, 0.5) is 0 Å². The second-order valence-corrected chi connectivity index (χ2v) is 15.6. The molecule has 4 aromatic rings. The van der Waals surface area contributed by atoms with Gasteiger partial charge in [-0.05, 0) is 111 Å². The third kappa shape index (κ3) is 11.8. The maximum Gasteiger partial charge on any atom is 0.225 e. The maximum atomic E-state index is 12.0. The molecule has 0 saturated carbocycles. The van der Waals surface area contributed by atoms with Crippen LogP contribution in [0.2, 0.25) is 0 Å². The minimum absolute atomic E-state index is 0.162. The van der Waals surface area contributed by atoms with E-state index in [0.29, 0.717) is 11.8 Å². The fourth-order valence-corrected chi connectivity index (χ4v) is 9.04. The van der Waals surface area contributed by atoms with Crippen molar-refractivity contribution in [1.29, 1.82) is 0 Å². The van der Waals surface area contributed by atoms with Gasteiger partial charge >= 0.3 is 0 Å². The Bertz CT molecular complexity index is 1440. The lowest BCUT2D eigenvalue weighted by molar-refractivity contribution is -0.121. The highest BCUT2D eigenvalue weighted by atomic mass is 32.2.